The molecule has 0 amide bonds. The standard InChI is InChI=1S/C12H21F2N/c1-10(2,11(15)7-8-11)9-3-5-12(13,14)6-4-9/h9H,3-8,15H2,1-2H3. The van der Waals surface area contributed by atoms with E-state index < -0.39 is 5.92 Å². The van der Waals surface area contributed by atoms with Gasteiger partial charge < -0.3 is 5.73 Å². The zero-order chi connectivity index (χ0) is 11.3. The van der Waals surface area contributed by atoms with Gasteiger partial charge in [-0.15, -0.1) is 0 Å². The summed E-state index contributed by atoms with van der Waals surface area (Å²) in [6, 6.07) is 0. The SMILES string of the molecule is CC(C)(C1CCC(F)(F)CC1)C1(N)CC1. The van der Waals surface area contributed by atoms with Crippen molar-refractivity contribution < 1.29 is 8.78 Å². The number of nitrogens with two attached hydrogens (primary N) is 1. The number of halogens is 2. The molecule has 0 radical (unpaired) electrons. The highest BCUT2D eigenvalue weighted by Crippen LogP contribution is 2.56. The molecule has 2 aliphatic rings. The van der Waals surface area contributed by atoms with E-state index in [1.807, 2.05) is 0 Å². The van der Waals surface area contributed by atoms with Gasteiger partial charge in [0.05, 0.1) is 0 Å². The highest BCUT2D eigenvalue weighted by atomic mass is 19.3. The van der Waals surface area contributed by atoms with Crippen molar-refractivity contribution in [3.8, 4) is 0 Å². The molecule has 0 heterocycles. The van der Waals surface area contributed by atoms with Crippen LogP contribution in [0.1, 0.15) is 52.4 Å². The van der Waals surface area contributed by atoms with Gasteiger partial charge in [0, 0.05) is 18.4 Å². The molecule has 1 nitrogen and oxygen atoms in total. The van der Waals surface area contributed by atoms with E-state index in [2.05, 4.69) is 13.8 Å². The maximum absolute atomic E-state index is 13.0. The van der Waals surface area contributed by atoms with Crippen molar-refractivity contribution in [2.24, 2.45) is 17.1 Å². The smallest absolute Gasteiger partial charge is 0.248 e. The Morgan fingerprint density at radius 1 is 1.07 bits per heavy atom. The molecule has 15 heavy (non-hydrogen) atoms. The van der Waals surface area contributed by atoms with Crippen LogP contribution >= 0.6 is 0 Å². The zero-order valence-corrected chi connectivity index (χ0v) is 9.65. The molecule has 0 atom stereocenters. The summed E-state index contributed by atoms with van der Waals surface area (Å²) in [4.78, 5) is 0. The van der Waals surface area contributed by atoms with Gasteiger partial charge in [-0.1, -0.05) is 13.8 Å². The number of hydrogen-bond donors (Lipinski definition) is 1. The van der Waals surface area contributed by atoms with Crippen LogP contribution < -0.4 is 5.73 Å². The average Bonchev–Trinajstić information content (AvgIpc) is 2.84. The first-order chi connectivity index (χ1) is 6.77. The third-order valence-corrected chi connectivity index (χ3v) is 4.81. The van der Waals surface area contributed by atoms with Crippen molar-refractivity contribution >= 4 is 0 Å². The highest BCUT2D eigenvalue weighted by molar-refractivity contribution is 5.11. The lowest BCUT2D eigenvalue weighted by molar-refractivity contribution is -0.0644. The van der Waals surface area contributed by atoms with Gasteiger partial charge in [0.25, 0.3) is 0 Å². The van der Waals surface area contributed by atoms with Crippen molar-refractivity contribution in [3.63, 3.8) is 0 Å². The van der Waals surface area contributed by atoms with Gasteiger partial charge in [0.1, 0.15) is 0 Å². The van der Waals surface area contributed by atoms with Crippen LogP contribution in [0, 0.1) is 11.3 Å². The van der Waals surface area contributed by atoms with Crippen LogP contribution in [0.4, 0.5) is 8.78 Å². The minimum Gasteiger partial charge on any atom is -0.325 e. The van der Waals surface area contributed by atoms with Crippen molar-refractivity contribution in [3.05, 3.63) is 0 Å². The molecule has 2 fully saturated rings. The van der Waals surface area contributed by atoms with Crippen LogP contribution in [0.3, 0.4) is 0 Å². The van der Waals surface area contributed by atoms with Crippen molar-refractivity contribution in [1.29, 1.82) is 0 Å². The Morgan fingerprint density at radius 2 is 1.53 bits per heavy atom. The summed E-state index contributed by atoms with van der Waals surface area (Å²) >= 11 is 0. The quantitative estimate of drug-likeness (QED) is 0.754. The number of hydrogen-bond acceptors (Lipinski definition) is 1. The summed E-state index contributed by atoms with van der Waals surface area (Å²) < 4.78 is 26.1. The van der Waals surface area contributed by atoms with Crippen LogP contribution in [-0.2, 0) is 0 Å². The summed E-state index contributed by atoms with van der Waals surface area (Å²) in [6.45, 7) is 4.32. The summed E-state index contributed by atoms with van der Waals surface area (Å²) in [7, 11) is 0. The Bertz CT molecular complexity index is 246. The maximum atomic E-state index is 13.0. The van der Waals surface area contributed by atoms with E-state index in [4.69, 9.17) is 5.73 Å². The molecule has 0 saturated heterocycles. The van der Waals surface area contributed by atoms with E-state index in [1.165, 1.54) is 0 Å². The maximum Gasteiger partial charge on any atom is 0.248 e. The molecule has 0 aromatic heterocycles. The molecule has 0 aromatic rings. The third-order valence-electron chi connectivity index (χ3n) is 4.81. The summed E-state index contributed by atoms with van der Waals surface area (Å²) in [5, 5.41) is 0. The first kappa shape index (κ1) is 11.3. The minimum atomic E-state index is -2.42. The van der Waals surface area contributed by atoms with Crippen molar-refractivity contribution in [2.75, 3.05) is 0 Å². The number of rotatable bonds is 2. The summed E-state index contributed by atoms with van der Waals surface area (Å²) in [5.41, 5.74) is 6.20. The molecule has 2 N–H and O–H groups in total. The molecule has 3 heteroatoms. The zero-order valence-electron chi connectivity index (χ0n) is 9.65. The molecule has 0 unspecified atom stereocenters. The van der Waals surface area contributed by atoms with Gasteiger partial charge in [0.15, 0.2) is 0 Å². The van der Waals surface area contributed by atoms with Crippen molar-refractivity contribution in [2.45, 2.75) is 63.8 Å². The second kappa shape index (κ2) is 3.16. The van der Waals surface area contributed by atoms with Gasteiger partial charge in [0.2, 0.25) is 5.92 Å². The fraction of sp³-hybridized carbons (Fsp3) is 1.00. The molecule has 0 aromatic carbocycles. The summed E-state index contributed by atoms with van der Waals surface area (Å²) in [6.07, 6.45) is 3.51. The molecular formula is C12H21F2N. The first-order valence-corrected chi connectivity index (χ1v) is 5.94. The predicted octanol–water partition coefficient (Wildman–Crippen LogP) is 3.33. The van der Waals surface area contributed by atoms with E-state index in [9.17, 15) is 8.78 Å². The lowest BCUT2D eigenvalue weighted by Crippen LogP contribution is -2.47. The highest BCUT2D eigenvalue weighted by Gasteiger charge is 2.55. The summed E-state index contributed by atoms with van der Waals surface area (Å²) in [5.74, 6) is -2.04. The fourth-order valence-electron chi connectivity index (χ4n) is 2.95. The third kappa shape index (κ3) is 1.91. The average molecular weight is 217 g/mol. The van der Waals surface area contributed by atoms with Crippen LogP contribution in [-0.4, -0.2) is 11.5 Å². The largest absolute Gasteiger partial charge is 0.325 e. The Morgan fingerprint density at radius 3 is 1.93 bits per heavy atom. The predicted molar refractivity (Wildman–Crippen MR) is 56.8 cm³/mol. The molecule has 2 saturated carbocycles. The van der Waals surface area contributed by atoms with E-state index in [1.54, 1.807) is 0 Å². The molecule has 0 aliphatic heterocycles. The van der Waals surface area contributed by atoms with E-state index in [0.29, 0.717) is 18.8 Å². The Labute approximate surface area is 90.4 Å². The van der Waals surface area contributed by atoms with E-state index in [-0.39, 0.29) is 23.8 Å². The van der Waals surface area contributed by atoms with Crippen LogP contribution in [0.15, 0.2) is 0 Å². The van der Waals surface area contributed by atoms with E-state index in [0.717, 1.165) is 12.8 Å². The Kier molecular flexibility index (Phi) is 2.38. The van der Waals surface area contributed by atoms with Gasteiger partial charge >= 0.3 is 0 Å². The molecular weight excluding hydrogens is 196 g/mol. The monoisotopic (exact) mass is 217 g/mol. The van der Waals surface area contributed by atoms with Gasteiger partial charge in [-0.3, -0.25) is 0 Å². The lowest BCUT2D eigenvalue weighted by Gasteiger charge is -2.43. The van der Waals surface area contributed by atoms with Crippen LogP contribution in [0.25, 0.3) is 0 Å². The van der Waals surface area contributed by atoms with Gasteiger partial charge in [-0.2, -0.15) is 0 Å². The van der Waals surface area contributed by atoms with E-state index >= 15 is 0 Å². The van der Waals surface area contributed by atoms with Gasteiger partial charge in [-0.05, 0) is 37.0 Å². The topological polar surface area (TPSA) is 26.0 Å². The number of alkyl halides is 2. The molecule has 2 aliphatic carbocycles. The Balaban J connectivity index is 2.01. The molecule has 0 bridgehead atoms. The first-order valence-electron chi connectivity index (χ1n) is 5.94. The van der Waals surface area contributed by atoms with Crippen LogP contribution in [0.2, 0.25) is 0 Å². The second-order valence-corrected chi connectivity index (χ2v) is 6.01. The molecule has 88 valence electrons. The fourth-order valence-corrected chi connectivity index (χ4v) is 2.95. The van der Waals surface area contributed by atoms with Gasteiger partial charge in [-0.25, -0.2) is 8.78 Å². The second-order valence-electron chi connectivity index (χ2n) is 6.01. The van der Waals surface area contributed by atoms with Crippen LogP contribution in [0.5, 0.6) is 0 Å². The minimum absolute atomic E-state index is 0.0312. The lowest BCUT2D eigenvalue weighted by atomic mass is 9.65. The normalized spacial score (nSPS) is 30.2. The molecule has 2 rings (SSSR count). The Hall–Kier alpha value is -0.180. The molecule has 0 spiro atoms. The van der Waals surface area contributed by atoms with Crippen molar-refractivity contribution in [1.82, 2.24) is 0 Å².